The Morgan fingerprint density at radius 3 is 2.11 bits per heavy atom. The average Bonchev–Trinajstić information content (AvgIpc) is 2.98. The van der Waals surface area contributed by atoms with Gasteiger partial charge in [0.1, 0.15) is 5.82 Å². The van der Waals surface area contributed by atoms with E-state index in [1.165, 1.54) is 16.7 Å². The first-order valence-electron chi connectivity index (χ1n) is 10.1. The standard InChI is InChI=1S/C25H33N3/c1-17-10-9-11-20(15-17)22-26-27-23(25(7,8)16-24(4,5)6)28(22)21-13-12-18(2)14-19(21)3/h9-15H,16H2,1-8H3. The maximum Gasteiger partial charge on any atom is 0.168 e. The topological polar surface area (TPSA) is 30.7 Å². The zero-order valence-corrected chi connectivity index (χ0v) is 18.6. The van der Waals surface area contributed by atoms with Gasteiger partial charge in [0.05, 0.1) is 5.69 Å². The van der Waals surface area contributed by atoms with Crippen molar-refractivity contribution < 1.29 is 0 Å². The fourth-order valence-corrected chi connectivity index (χ4v) is 4.38. The van der Waals surface area contributed by atoms with Crippen molar-refractivity contribution in [2.75, 3.05) is 0 Å². The fourth-order valence-electron chi connectivity index (χ4n) is 4.38. The molecule has 0 aliphatic rings. The fraction of sp³-hybridized carbons (Fsp3) is 0.440. The number of benzene rings is 2. The lowest BCUT2D eigenvalue weighted by Gasteiger charge is -2.32. The van der Waals surface area contributed by atoms with Gasteiger partial charge in [0.25, 0.3) is 0 Å². The molecule has 0 spiro atoms. The summed E-state index contributed by atoms with van der Waals surface area (Å²) >= 11 is 0. The van der Waals surface area contributed by atoms with Gasteiger partial charge in [0.2, 0.25) is 0 Å². The first-order valence-corrected chi connectivity index (χ1v) is 10.1. The summed E-state index contributed by atoms with van der Waals surface area (Å²) in [5.41, 5.74) is 6.08. The number of hydrogen-bond acceptors (Lipinski definition) is 2. The normalized spacial score (nSPS) is 12.4. The zero-order chi connectivity index (χ0) is 20.7. The lowest BCUT2D eigenvalue weighted by Crippen LogP contribution is -2.28. The van der Waals surface area contributed by atoms with Crippen LogP contribution in [-0.4, -0.2) is 14.8 Å². The molecule has 0 aliphatic carbocycles. The van der Waals surface area contributed by atoms with Gasteiger partial charge < -0.3 is 0 Å². The van der Waals surface area contributed by atoms with Gasteiger partial charge in [-0.3, -0.25) is 4.57 Å². The third kappa shape index (κ3) is 4.19. The summed E-state index contributed by atoms with van der Waals surface area (Å²) in [5.74, 6) is 1.93. The van der Waals surface area contributed by atoms with Crippen LogP contribution in [-0.2, 0) is 5.41 Å². The van der Waals surface area contributed by atoms with Crippen molar-refractivity contribution in [1.29, 1.82) is 0 Å². The Kier molecular flexibility index (Phi) is 5.22. The van der Waals surface area contributed by atoms with E-state index in [1.54, 1.807) is 0 Å². The molecule has 3 nitrogen and oxygen atoms in total. The van der Waals surface area contributed by atoms with Crippen molar-refractivity contribution in [3.05, 3.63) is 65.0 Å². The largest absolute Gasteiger partial charge is 0.278 e. The maximum atomic E-state index is 4.73. The Hall–Kier alpha value is -2.42. The number of nitrogens with zero attached hydrogens (tertiary/aromatic N) is 3. The van der Waals surface area contributed by atoms with Crippen LogP contribution in [0.3, 0.4) is 0 Å². The molecule has 3 heteroatoms. The predicted molar refractivity (Wildman–Crippen MR) is 118 cm³/mol. The zero-order valence-electron chi connectivity index (χ0n) is 18.6. The second-order valence-electron chi connectivity index (χ2n) is 9.96. The molecule has 0 radical (unpaired) electrons. The van der Waals surface area contributed by atoms with Gasteiger partial charge in [-0.25, -0.2) is 0 Å². The monoisotopic (exact) mass is 375 g/mol. The third-order valence-electron chi connectivity index (χ3n) is 5.11. The van der Waals surface area contributed by atoms with E-state index in [1.807, 2.05) is 0 Å². The summed E-state index contributed by atoms with van der Waals surface area (Å²) in [7, 11) is 0. The van der Waals surface area contributed by atoms with Crippen molar-refractivity contribution in [3.63, 3.8) is 0 Å². The van der Waals surface area contributed by atoms with Gasteiger partial charge in [0, 0.05) is 11.0 Å². The average molecular weight is 376 g/mol. The lowest BCUT2D eigenvalue weighted by atomic mass is 9.75. The summed E-state index contributed by atoms with van der Waals surface area (Å²) in [6, 6.07) is 15.1. The second-order valence-corrected chi connectivity index (χ2v) is 9.96. The highest BCUT2D eigenvalue weighted by atomic mass is 15.3. The van der Waals surface area contributed by atoms with Crippen LogP contribution in [0.5, 0.6) is 0 Å². The third-order valence-corrected chi connectivity index (χ3v) is 5.11. The molecule has 0 amide bonds. The molecule has 28 heavy (non-hydrogen) atoms. The van der Waals surface area contributed by atoms with Crippen molar-refractivity contribution in [3.8, 4) is 17.1 Å². The molecule has 0 fully saturated rings. The van der Waals surface area contributed by atoms with Gasteiger partial charge in [-0.05, 0) is 50.3 Å². The summed E-state index contributed by atoms with van der Waals surface area (Å²) in [6.45, 7) is 17.8. The van der Waals surface area contributed by atoms with Crippen LogP contribution in [0, 0.1) is 26.2 Å². The van der Waals surface area contributed by atoms with Crippen LogP contribution in [0.1, 0.15) is 63.6 Å². The Balaban J connectivity index is 2.27. The minimum Gasteiger partial charge on any atom is -0.278 e. The summed E-state index contributed by atoms with van der Waals surface area (Å²) in [4.78, 5) is 0. The molecule has 2 aromatic carbocycles. The number of rotatable bonds is 4. The smallest absolute Gasteiger partial charge is 0.168 e. The highest BCUT2D eigenvalue weighted by Crippen LogP contribution is 2.38. The Morgan fingerprint density at radius 2 is 1.50 bits per heavy atom. The van der Waals surface area contributed by atoms with Crippen molar-refractivity contribution in [2.24, 2.45) is 5.41 Å². The molecular weight excluding hydrogens is 342 g/mol. The molecule has 0 aliphatic heterocycles. The van der Waals surface area contributed by atoms with Crippen LogP contribution in [0.15, 0.2) is 42.5 Å². The SMILES string of the molecule is Cc1cccc(-c2nnc(C(C)(C)CC(C)(C)C)n2-c2ccc(C)cc2C)c1. The van der Waals surface area contributed by atoms with Gasteiger partial charge >= 0.3 is 0 Å². The molecule has 1 heterocycles. The molecular formula is C25H33N3. The first-order chi connectivity index (χ1) is 13.0. The molecule has 0 saturated heterocycles. The molecule has 3 aromatic rings. The second kappa shape index (κ2) is 7.20. The van der Waals surface area contributed by atoms with Crippen LogP contribution in [0.2, 0.25) is 0 Å². The van der Waals surface area contributed by atoms with E-state index >= 15 is 0 Å². The van der Waals surface area contributed by atoms with E-state index < -0.39 is 0 Å². The first kappa shape index (κ1) is 20.3. The Bertz CT molecular complexity index is 987. The Labute approximate surface area is 169 Å². The van der Waals surface area contributed by atoms with E-state index in [0.717, 1.165) is 29.3 Å². The summed E-state index contributed by atoms with van der Waals surface area (Å²) in [6.07, 6.45) is 1.02. The molecule has 148 valence electrons. The van der Waals surface area contributed by atoms with Gasteiger partial charge in [-0.15, -0.1) is 10.2 Å². The van der Waals surface area contributed by atoms with E-state index in [0.29, 0.717) is 0 Å². The van der Waals surface area contributed by atoms with Crippen LogP contribution >= 0.6 is 0 Å². The highest BCUT2D eigenvalue weighted by molar-refractivity contribution is 5.61. The molecule has 0 atom stereocenters. The highest BCUT2D eigenvalue weighted by Gasteiger charge is 2.34. The van der Waals surface area contributed by atoms with Gasteiger partial charge in [-0.2, -0.15) is 0 Å². The van der Waals surface area contributed by atoms with Crippen LogP contribution in [0.4, 0.5) is 0 Å². The molecule has 0 N–H and O–H groups in total. The summed E-state index contributed by atoms with van der Waals surface area (Å²) in [5, 5.41) is 9.41. The maximum absolute atomic E-state index is 4.73. The molecule has 0 saturated carbocycles. The van der Waals surface area contributed by atoms with Gasteiger partial charge in [0.15, 0.2) is 5.82 Å². The van der Waals surface area contributed by atoms with Crippen molar-refractivity contribution >= 4 is 0 Å². The molecule has 1 aromatic heterocycles. The van der Waals surface area contributed by atoms with E-state index in [4.69, 9.17) is 5.10 Å². The van der Waals surface area contributed by atoms with E-state index in [9.17, 15) is 0 Å². The van der Waals surface area contributed by atoms with Gasteiger partial charge in [-0.1, -0.05) is 76.1 Å². The molecule has 0 unspecified atom stereocenters. The predicted octanol–water partition coefficient (Wildman–Crippen LogP) is 6.57. The number of aryl methyl sites for hydroxylation is 3. The lowest BCUT2D eigenvalue weighted by molar-refractivity contribution is 0.272. The van der Waals surface area contributed by atoms with Crippen LogP contribution in [0.25, 0.3) is 17.1 Å². The number of hydrogen-bond donors (Lipinski definition) is 0. The van der Waals surface area contributed by atoms with Crippen molar-refractivity contribution in [2.45, 2.75) is 67.2 Å². The molecule has 3 rings (SSSR count). The van der Waals surface area contributed by atoms with E-state index in [-0.39, 0.29) is 10.8 Å². The minimum absolute atomic E-state index is 0.106. The Morgan fingerprint density at radius 1 is 0.821 bits per heavy atom. The quantitative estimate of drug-likeness (QED) is 0.516. The molecule has 0 bridgehead atoms. The number of aromatic nitrogens is 3. The minimum atomic E-state index is -0.106. The summed E-state index contributed by atoms with van der Waals surface area (Å²) < 4.78 is 2.27. The van der Waals surface area contributed by atoms with Crippen molar-refractivity contribution in [1.82, 2.24) is 14.8 Å². The van der Waals surface area contributed by atoms with Crippen LogP contribution < -0.4 is 0 Å². The van der Waals surface area contributed by atoms with E-state index in [2.05, 4.69) is 108 Å².